The molecular formula is C15H20N2O. The minimum absolute atomic E-state index is 0.0766. The number of hydrogen-bond donors (Lipinski definition) is 3. The second-order valence-electron chi connectivity index (χ2n) is 4.89. The summed E-state index contributed by atoms with van der Waals surface area (Å²) in [7, 11) is 0. The highest BCUT2D eigenvalue weighted by Crippen LogP contribution is 2.29. The molecule has 1 aromatic carbocycles. The molecule has 0 saturated heterocycles. The van der Waals surface area contributed by atoms with E-state index < -0.39 is 5.54 Å². The molecule has 0 spiro atoms. The SMILES string of the molecule is NC1=CC(CCO)C(N)(Cc2ccccc2)C=C1. The van der Waals surface area contributed by atoms with Gasteiger partial charge in [-0.25, -0.2) is 0 Å². The van der Waals surface area contributed by atoms with Crippen molar-refractivity contribution in [2.45, 2.75) is 18.4 Å². The molecule has 0 amide bonds. The fraction of sp³-hybridized carbons (Fsp3) is 0.333. The van der Waals surface area contributed by atoms with Crippen molar-refractivity contribution in [2.24, 2.45) is 17.4 Å². The summed E-state index contributed by atoms with van der Waals surface area (Å²) in [5, 5.41) is 9.15. The van der Waals surface area contributed by atoms with E-state index >= 15 is 0 Å². The molecule has 96 valence electrons. The van der Waals surface area contributed by atoms with Crippen molar-refractivity contribution in [2.75, 3.05) is 6.61 Å². The summed E-state index contributed by atoms with van der Waals surface area (Å²) >= 11 is 0. The molecule has 0 aromatic heterocycles. The van der Waals surface area contributed by atoms with Gasteiger partial charge >= 0.3 is 0 Å². The van der Waals surface area contributed by atoms with Gasteiger partial charge in [-0.3, -0.25) is 0 Å². The monoisotopic (exact) mass is 244 g/mol. The number of benzene rings is 1. The average molecular weight is 244 g/mol. The first-order chi connectivity index (χ1) is 8.64. The van der Waals surface area contributed by atoms with Gasteiger partial charge in [-0.2, -0.15) is 0 Å². The van der Waals surface area contributed by atoms with Gasteiger partial charge in [0.25, 0.3) is 0 Å². The highest BCUT2D eigenvalue weighted by molar-refractivity contribution is 5.32. The molecule has 0 aliphatic heterocycles. The Labute approximate surface area is 108 Å². The van der Waals surface area contributed by atoms with E-state index in [-0.39, 0.29) is 12.5 Å². The number of aliphatic hydroxyl groups is 1. The summed E-state index contributed by atoms with van der Waals surface area (Å²) in [4.78, 5) is 0. The molecule has 3 heteroatoms. The third-order valence-corrected chi connectivity index (χ3v) is 3.46. The summed E-state index contributed by atoms with van der Waals surface area (Å²) in [5.41, 5.74) is 13.7. The van der Waals surface area contributed by atoms with Crippen LogP contribution in [0.15, 0.2) is 54.3 Å². The van der Waals surface area contributed by atoms with Gasteiger partial charge in [0.2, 0.25) is 0 Å². The van der Waals surface area contributed by atoms with Crippen LogP contribution in [0.4, 0.5) is 0 Å². The van der Waals surface area contributed by atoms with E-state index in [1.807, 2.05) is 36.4 Å². The zero-order valence-corrected chi connectivity index (χ0v) is 10.4. The molecule has 2 atom stereocenters. The third-order valence-electron chi connectivity index (χ3n) is 3.46. The van der Waals surface area contributed by atoms with Crippen molar-refractivity contribution in [3.8, 4) is 0 Å². The Balaban J connectivity index is 2.20. The quantitative estimate of drug-likeness (QED) is 0.748. The zero-order chi connectivity index (χ0) is 13.0. The number of hydrogen-bond acceptors (Lipinski definition) is 3. The molecule has 0 heterocycles. The molecule has 0 fully saturated rings. The highest BCUT2D eigenvalue weighted by Gasteiger charge is 2.33. The van der Waals surface area contributed by atoms with Gasteiger partial charge in [0, 0.05) is 23.8 Å². The third kappa shape index (κ3) is 2.81. The maximum absolute atomic E-state index is 9.15. The van der Waals surface area contributed by atoms with Crippen LogP contribution in [-0.2, 0) is 6.42 Å². The Bertz CT molecular complexity index is 453. The van der Waals surface area contributed by atoms with E-state index in [9.17, 15) is 0 Å². The van der Waals surface area contributed by atoms with Crippen LogP contribution >= 0.6 is 0 Å². The van der Waals surface area contributed by atoms with E-state index in [2.05, 4.69) is 12.1 Å². The second-order valence-corrected chi connectivity index (χ2v) is 4.89. The lowest BCUT2D eigenvalue weighted by Crippen LogP contribution is -2.48. The van der Waals surface area contributed by atoms with Gasteiger partial charge < -0.3 is 16.6 Å². The fourth-order valence-electron chi connectivity index (χ4n) is 2.45. The molecule has 5 N–H and O–H groups in total. The molecule has 2 unspecified atom stereocenters. The number of nitrogens with two attached hydrogens (primary N) is 2. The minimum atomic E-state index is -0.465. The Morgan fingerprint density at radius 1 is 1.22 bits per heavy atom. The van der Waals surface area contributed by atoms with Gasteiger partial charge in [0.1, 0.15) is 0 Å². The van der Waals surface area contributed by atoms with Crippen LogP contribution in [0.2, 0.25) is 0 Å². The maximum Gasteiger partial charge on any atom is 0.0449 e. The Hall–Kier alpha value is -1.58. The Morgan fingerprint density at radius 3 is 2.61 bits per heavy atom. The van der Waals surface area contributed by atoms with Crippen molar-refractivity contribution in [3.63, 3.8) is 0 Å². The Kier molecular flexibility index (Phi) is 3.84. The second kappa shape index (κ2) is 5.38. The molecule has 2 rings (SSSR count). The Morgan fingerprint density at radius 2 is 1.94 bits per heavy atom. The van der Waals surface area contributed by atoms with Crippen LogP contribution in [0, 0.1) is 5.92 Å². The number of allylic oxidation sites excluding steroid dienone is 1. The zero-order valence-electron chi connectivity index (χ0n) is 10.4. The topological polar surface area (TPSA) is 72.3 Å². The smallest absolute Gasteiger partial charge is 0.0449 e. The lowest BCUT2D eigenvalue weighted by atomic mass is 9.75. The largest absolute Gasteiger partial charge is 0.399 e. The van der Waals surface area contributed by atoms with Gasteiger partial charge in [0.05, 0.1) is 0 Å². The average Bonchev–Trinajstić information content (AvgIpc) is 2.36. The van der Waals surface area contributed by atoms with E-state index in [4.69, 9.17) is 16.6 Å². The van der Waals surface area contributed by atoms with E-state index in [0.717, 1.165) is 12.1 Å². The standard InChI is InChI=1S/C15H20N2O/c16-14-6-8-15(17,13(10-14)7-9-18)11-12-4-2-1-3-5-12/h1-6,8,10,13,18H,7,9,11,16-17H2. The van der Waals surface area contributed by atoms with Gasteiger partial charge in [-0.15, -0.1) is 0 Å². The lowest BCUT2D eigenvalue weighted by molar-refractivity contribution is 0.240. The molecule has 1 aliphatic rings. The van der Waals surface area contributed by atoms with Crippen molar-refractivity contribution < 1.29 is 5.11 Å². The summed E-state index contributed by atoms with van der Waals surface area (Å²) in [6.45, 7) is 0.121. The van der Waals surface area contributed by atoms with E-state index in [1.54, 1.807) is 0 Å². The molecule has 1 aromatic rings. The summed E-state index contributed by atoms with van der Waals surface area (Å²) in [6, 6.07) is 10.2. The molecular weight excluding hydrogens is 224 g/mol. The van der Waals surface area contributed by atoms with Crippen LogP contribution in [0.1, 0.15) is 12.0 Å². The lowest BCUT2D eigenvalue weighted by Gasteiger charge is -2.36. The van der Waals surface area contributed by atoms with E-state index in [1.165, 1.54) is 5.56 Å². The first-order valence-corrected chi connectivity index (χ1v) is 6.24. The molecule has 18 heavy (non-hydrogen) atoms. The van der Waals surface area contributed by atoms with Gasteiger partial charge in [0.15, 0.2) is 0 Å². The van der Waals surface area contributed by atoms with Crippen molar-refractivity contribution in [3.05, 3.63) is 59.8 Å². The molecule has 0 saturated carbocycles. The fourth-order valence-corrected chi connectivity index (χ4v) is 2.45. The van der Waals surface area contributed by atoms with Crippen molar-refractivity contribution in [1.29, 1.82) is 0 Å². The molecule has 0 radical (unpaired) electrons. The first-order valence-electron chi connectivity index (χ1n) is 6.24. The summed E-state index contributed by atoms with van der Waals surface area (Å²) in [6.07, 6.45) is 7.17. The molecule has 1 aliphatic carbocycles. The number of aliphatic hydroxyl groups excluding tert-OH is 1. The van der Waals surface area contributed by atoms with Gasteiger partial charge in [-0.05, 0) is 24.5 Å². The predicted octanol–water partition coefficient (Wildman–Crippen LogP) is 1.34. The van der Waals surface area contributed by atoms with Crippen LogP contribution in [0.3, 0.4) is 0 Å². The summed E-state index contributed by atoms with van der Waals surface area (Å²) < 4.78 is 0. The van der Waals surface area contributed by atoms with Crippen molar-refractivity contribution >= 4 is 0 Å². The summed E-state index contributed by atoms with van der Waals surface area (Å²) in [5.74, 6) is 0.0766. The van der Waals surface area contributed by atoms with Crippen LogP contribution in [-0.4, -0.2) is 17.3 Å². The molecule has 3 nitrogen and oxygen atoms in total. The van der Waals surface area contributed by atoms with Crippen LogP contribution in [0.25, 0.3) is 0 Å². The maximum atomic E-state index is 9.15. The van der Waals surface area contributed by atoms with Crippen LogP contribution in [0.5, 0.6) is 0 Å². The first kappa shape index (κ1) is 12.9. The molecule has 0 bridgehead atoms. The van der Waals surface area contributed by atoms with Crippen molar-refractivity contribution in [1.82, 2.24) is 0 Å². The number of rotatable bonds is 4. The normalized spacial score (nSPS) is 27.0. The van der Waals surface area contributed by atoms with E-state index in [0.29, 0.717) is 6.42 Å². The predicted molar refractivity (Wildman–Crippen MR) is 73.7 cm³/mol. The van der Waals surface area contributed by atoms with Crippen LogP contribution < -0.4 is 11.5 Å². The van der Waals surface area contributed by atoms with Gasteiger partial charge in [-0.1, -0.05) is 42.5 Å². The highest BCUT2D eigenvalue weighted by atomic mass is 16.3. The minimum Gasteiger partial charge on any atom is -0.399 e.